The summed E-state index contributed by atoms with van der Waals surface area (Å²) in [7, 11) is 0. The van der Waals surface area contributed by atoms with E-state index >= 15 is 0 Å². The van der Waals surface area contributed by atoms with Crippen molar-refractivity contribution in [2.24, 2.45) is 0 Å². The second-order valence-electron chi connectivity index (χ2n) is 2.51. The Bertz CT molecular complexity index is 437. The van der Waals surface area contributed by atoms with Crippen LogP contribution in [0.4, 0.5) is 0 Å². The summed E-state index contributed by atoms with van der Waals surface area (Å²) in [6.45, 7) is 1.75. The molecule has 2 aromatic rings. The third kappa shape index (κ3) is 0.896. The van der Waals surface area contributed by atoms with Crippen LogP contribution in [0.3, 0.4) is 0 Å². The molecular formula is C7H6BrN3O. The number of fused-ring (bicyclic) bond motifs is 1. The van der Waals surface area contributed by atoms with Crippen molar-refractivity contribution in [2.45, 2.75) is 6.92 Å². The van der Waals surface area contributed by atoms with E-state index in [0.29, 0.717) is 16.9 Å². The minimum atomic E-state index is 0.496. The molecule has 0 radical (unpaired) electrons. The second kappa shape index (κ2) is 2.45. The van der Waals surface area contributed by atoms with Gasteiger partial charge in [0.15, 0.2) is 11.8 Å². The van der Waals surface area contributed by atoms with Crippen molar-refractivity contribution in [3.05, 3.63) is 27.8 Å². The van der Waals surface area contributed by atoms with Gasteiger partial charge in [0, 0.05) is 0 Å². The van der Waals surface area contributed by atoms with Crippen molar-refractivity contribution >= 4 is 27.1 Å². The Morgan fingerprint density at radius 1 is 1.67 bits per heavy atom. The Balaban J connectivity index is 2.94. The summed E-state index contributed by atoms with van der Waals surface area (Å²) in [5.41, 5.74) is 1.80. The lowest BCUT2D eigenvalue weighted by Crippen LogP contribution is -2.31. The molecule has 0 saturated carbocycles. The largest absolute Gasteiger partial charge is 0.710 e. The zero-order chi connectivity index (χ0) is 8.72. The molecule has 0 unspecified atom stereocenters. The van der Waals surface area contributed by atoms with Crippen LogP contribution in [-0.4, -0.2) is 9.97 Å². The Morgan fingerprint density at radius 2 is 2.42 bits per heavy atom. The third-order valence-corrected chi connectivity index (χ3v) is 2.57. The molecule has 0 atom stereocenters. The first-order valence-electron chi connectivity index (χ1n) is 3.42. The highest BCUT2D eigenvalue weighted by atomic mass is 79.9. The zero-order valence-corrected chi connectivity index (χ0v) is 7.92. The summed E-state index contributed by atoms with van der Waals surface area (Å²) in [5, 5.41) is 11.4. The molecule has 1 N–H and O–H groups in total. The molecule has 2 aromatic heterocycles. The monoisotopic (exact) mass is 227 g/mol. The van der Waals surface area contributed by atoms with Gasteiger partial charge in [-0.2, -0.15) is 0 Å². The number of hydrogen-bond donors (Lipinski definition) is 1. The van der Waals surface area contributed by atoms with Crippen LogP contribution in [0.1, 0.15) is 5.69 Å². The Labute approximate surface area is 77.0 Å². The number of H-pyrrole nitrogens is 1. The third-order valence-electron chi connectivity index (χ3n) is 1.76. The Morgan fingerprint density at radius 3 is 3.17 bits per heavy atom. The van der Waals surface area contributed by atoms with Crippen molar-refractivity contribution in [1.29, 1.82) is 0 Å². The van der Waals surface area contributed by atoms with E-state index in [9.17, 15) is 5.21 Å². The molecule has 62 valence electrons. The lowest BCUT2D eigenvalue weighted by molar-refractivity contribution is -0.586. The fourth-order valence-corrected chi connectivity index (χ4v) is 1.43. The second-order valence-corrected chi connectivity index (χ2v) is 3.36. The summed E-state index contributed by atoms with van der Waals surface area (Å²) in [5.74, 6) is 0. The molecule has 0 aliphatic carbocycles. The van der Waals surface area contributed by atoms with E-state index in [1.165, 1.54) is 6.33 Å². The molecule has 0 aliphatic rings. The van der Waals surface area contributed by atoms with Crippen LogP contribution in [0.5, 0.6) is 0 Å². The quantitative estimate of drug-likeness (QED) is 0.545. The Kier molecular flexibility index (Phi) is 1.54. The molecule has 4 nitrogen and oxygen atoms in total. The highest BCUT2D eigenvalue weighted by Crippen LogP contribution is 2.16. The number of hydrogen-bond acceptors (Lipinski definition) is 2. The van der Waals surface area contributed by atoms with E-state index in [4.69, 9.17) is 0 Å². The van der Waals surface area contributed by atoms with E-state index in [2.05, 4.69) is 25.9 Å². The minimum absolute atomic E-state index is 0.496. The fourth-order valence-electron chi connectivity index (χ4n) is 1.06. The van der Waals surface area contributed by atoms with Crippen LogP contribution in [0.15, 0.2) is 16.9 Å². The maximum atomic E-state index is 11.4. The number of aromatic amines is 1. The van der Waals surface area contributed by atoms with Gasteiger partial charge in [0.05, 0.1) is 4.47 Å². The summed E-state index contributed by atoms with van der Waals surface area (Å²) >= 11 is 3.28. The van der Waals surface area contributed by atoms with Crippen LogP contribution < -0.4 is 4.73 Å². The average Bonchev–Trinajstić information content (AvgIpc) is 2.48. The molecule has 0 bridgehead atoms. The first kappa shape index (κ1) is 7.54. The van der Waals surface area contributed by atoms with E-state index < -0.39 is 0 Å². The van der Waals surface area contributed by atoms with Gasteiger partial charge in [-0.25, -0.2) is 14.7 Å². The fraction of sp³-hybridized carbons (Fsp3) is 0.143. The van der Waals surface area contributed by atoms with Crippen molar-refractivity contribution in [1.82, 2.24) is 9.97 Å². The number of imidazole rings is 1. The SMILES string of the molecule is Cc1c(Br)cc2nc[nH]c2[n+]1[O-]. The molecule has 0 amide bonds. The van der Waals surface area contributed by atoms with E-state index in [-0.39, 0.29) is 0 Å². The summed E-state index contributed by atoms with van der Waals surface area (Å²) < 4.78 is 1.60. The molecule has 0 spiro atoms. The van der Waals surface area contributed by atoms with E-state index in [1.807, 2.05) is 6.07 Å². The lowest BCUT2D eigenvalue weighted by Gasteiger charge is -2.06. The highest BCUT2D eigenvalue weighted by molar-refractivity contribution is 9.10. The molecular weight excluding hydrogens is 222 g/mol. The maximum absolute atomic E-state index is 11.4. The average molecular weight is 228 g/mol. The zero-order valence-electron chi connectivity index (χ0n) is 6.34. The first-order valence-corrected chi connectivity index (χ1v) is 4.21. The van der Waals surface area contributed by atoms with Crippen molar-refractivity contribution in [2.75, 3.05) is 0 Å². The number of aromatic nitrogens is 3. The number of halogens is 1. The molecule has 2 heterocycles. The molecule has 0 fully saturated rings. The predicted molar refractivity (Wildman–Crippen MR) is 47.5 cm³/mol. The maximum Gasteiger partial charge on any atom is 0.310 e. The van der Waals surface area contributed by atoms with Crippen molar-refractivity contribution < 1.29 is 4.73 Å². The van der Waals surface area contributed by atoms with Gasteiger partial charge in [-0.1, -0.05) is 0 Å². The van der Waals surface area contributed by atoms with Crippen LogP contribution in [0.2, 0.25) is 0 Å². The van der Waals surface area contributed by atoms with Crippen molar-refractivity contribution in [3.63, 3.8) is 0 Å². The van der Waals surface area contributed by atoms with Crippen LogP contribution in [0.25, 0.3) is 11.2 Å². The highest BCUT2D eigenvalue weighted by Gasteiger charge is 2.09. The normalized spacial score (nSPS) is 10.8. The molecule has 0 saturated heterocycles. The summed E-state index contributed by atoms with van der Waals surface area (Å²) in [6.07, 6.45) is 1.50. The Hall–Kier alpha value is -1.10. The summed E-state index contributed by atoms with van der Waals surface area (Å²) in [4.78, 5) is 6.75. The molecule has 12 heavy (non-hydrogen) atoms. The van der Waals surface area contributed by atoms with Gasteiger partial charge < -0.3 is 5.21 Å². The van der Waals surface area contributed by atoms with Gasteiger partial charge >= 0.3 is 5.65 Å². The predicted octanol–water partition coefficient (Wildman–Crippen LogP) is 1.27. The topological polar surface area (TPSA) is 55.6 Å². The smallest absolute Gasteiger partial charge is 0.310 e. The van der Waals surface area contributed by atoms with E-state index in [1.54, 1.807) is 6.92 Å². The van der Waals surface area contributed by atoms with Gasteiger partial charge in [-0.3, -0.25) is 0 Å². The molecule has 5 heteroatoms. The van der Waals surface area contributed by atoms with Crippen LogP contribution >= 0.6 is 15.9 Å². The number of nitrogens with zero attached hydrogens (tertiary/aromatic N) is 2. The molecule has 0 aliphatic heterocycles. The number of nitrogens with one attached hydrogen (secondary N) is 1. The lowest BCUT2D eigenvalue weighted by atomic mass is 10.3. The number of pyridine rings is 1. The van der Waals surface area contributed by atoms with Gasteiger partial charge in [-0.15, -0.1) is 0 Å². The van der Waals surface area contributed by atoms with Crippen LogP contribution in [-0.2, 0) is 0 Å². The van der Waals surface area contributed by atoms with Crippen LogP contribution in [0, 0.1) is 12.1 Å². The summed E-state index contributed by atoms with van der Waals surface area (Å²) in [6, 6.07) is 1.82. The van der Waals surface area contributed by atoms with Crippen molar-refractivity contribution in [3.8, 4) is 0 Å². The van der Waals surface area contributed by atoms with Gasteiger partial charge in [0.1, 0.15) is 5.69 Å². The minimum Gasteiger partial charge on any atom is -0.710 e. The number of rotatable bonds is 0. The molecule has 0 aromatic carbocycles. The molecule has 2 rings (SSSR count). The van der Waals surface area contributed by atoms with Gasteiger partial charge in [0.2, 0.25) is 0 Å². The standard InChI is InChI=1S/C7H6BrN3O/c1-4-5(8)2-6-7(11(4)12)10-3-9-6/h2-3H,1H3,(H,9,10). The first-order chi connectivity index (χ1) is 5.70. The van der Waals surface area contributed by atoms with Gasteiger partial charge in [0.25, 0.3) is 0 Å². The van der Waals surface area contributed by atoms with Gasteiger partial charge in [-0.05, 0) is 28.9 Å². The van der Waals surface area contributed by atoms with E-state index in [0.717, 1.165) is 9.20 Å².